The van der Waals surface area contributed by atoms with Crippen LogP contribution in [-0.4, -0.2) is 66.5 Å². The number of hydrogen-bond acceptors (Lipinski definition) is 7. The van der Waals surface area contributed by atoms with E-state index in [0.29, 0.717) is 23.1 Å². The molecule has 1 amide bonds. The summed E-state index contributed by atoms with van der Waals surface area (Å²) in [4.78, 5) is 25.1. The molecule has 0 radical (unpaired) electrons. The zero-order chi connectivity index (χ0) is 22.5. The topological polar surface area (TPSA) is 87.0 Å². The monoisotopic (exact) mass is 423 g/mol. The first-order valence-electron chi connectivity index (χ1n) is 9.90. The molecule has 0 spiro atoms. The molecule has 0 atom stereocenters. The highest BCUT2D eigenvalue weighted by atomic mass is 16.5. The van der Waals surface area contributed by atoms with Crippen molar-refractivity contribution < 1.29 is 9.53 Å². The van der Waals surface area contributed by atoms with Gasteiger partial charge in [-0.05, 0) is 44.8 Å². The summed E-state index contributed by atoms with van der Waals surface area (Å²) in [5, 5.41) is 6.09. The van der Waals surface area contributed by atoms with E-state index in [2.05, 4.69) is 37.0 Å². The molecule has 1 aromatic carbocycles. The van der Waals surface area contributed by atoms with Gasteiger partial charge in [0.1, 0.15) is 17.7 Å². The molecule has 2 N–H and O–H groups in total. The van der Waals surface area contributed by atoms with Crippen LogP contribution >= 0.6 is 0 Å². The van der Waals surface area contributed by atoms with E-state index >= 15 is 0 Å². The molecule has 0 saturated carbocycles. The molecule has 0 aliphatic rings. The molecule has 0 aliphatic carbocycles. The number of hydrogen-bond donors (Lipinski definition) is 2. The fraction of sp³-hybridized carbons (Fsp3) is 0.318. The number of anilines is 4. The number of carbonyl (C=O) groups excluding carboxylic acids is 1. The lowest BCUT2D eigenvalue weighted by molar-refractivity contribution is -0.111. The van der Waals surface area contributed by atoms with E-state index < -0.39 is 0 Å². The van der Waals surface area contributed by atoms with Crippen LogP contribution in [0.3, 0.4) is 0 Å². The summed E-state index contributed by atoms with van der Waals surface area (Å²) >= 11 is 0. The van der Waals surface area contributed by atoms with Crippen LogP contribution in [0.5, 0.6) is 5.75 Å². The van der Waals surface area contributed by atoms with Crippen molar-refractivity contribution in [3.05, 3.63) is 48.9 Å². The van der Waals surface area contributed by atoms with Crippen molar-refractivity contribution in [1.82, 2.24) is 19.3 Å². The van der Waals surface area contributed by atoms with Gasteiger partial charge in [0.15, 0.2) is 0 Å². The lowest BCUT2D eigenvalue weighted by atomic mass is 10.2. The van der Waals surface area contributed by atoms with Crippen molar-refractivity contribution >= 4 is 34.6 Å². The predicted molar refractivity (Wildman–Crippen MR) is 125 cm³/mol. The van der Waals surface area contributed by atoms with Gasteiger partial charge in [-0.2, -0.15) is 4.98 Å². The van der Waals surface area contributed by atoms with Crippen LogP contribution in [0.15, 0.2) is 43.4 Å². The highest BCUT2D eigenvalue weighted by Crippen LogP contribution is 2.37. The Hall–Kier alpha value is -3.59. The SMILES string of the molecule is C=CC(=O)Nc1cc(Nc2ncn3cc(C)cc3n2)c(OC)cc1N(C)CCN(C)C. The minimum absolute atomic E-state index is 0.292. The zero-order valence-electron chi connectivity index (χ0n) is 18.6. The standard InChI is InChI=1S/C22H29N7O2/c1-7-21(30)24-16-11-17(19(31-6)12-18(16)28(5)9-8-27(3)4)25-22-23-14-29-13-15(2)10-20(29)26-22/h7,10-14H,1,8-9H2,2-6H3,(H,24,30)(H,25,26). The van der Waals surface area contributed by atoms with Crippen LogP contribution < -0.4 is 20.3 Å². The largest absolute Gasteiger partial charge is 0.494 e. The first-order valence-corrected chi connectivity index (χ1v) is 9.90. The van der Waals surface area contributed by atoms with Crippen molar-refractivity contribution in [1.29, 1.82) is 0 Å². The van der Waals surface area contributed by atoms with Crippen LogP contribution in [0.25, 0.3) is 5.65 Å². The highest BCUT2D eigenvalue weighted by molar-refractivity contribution is 6.02. The maximum Gasteiger partial charge on any atom is 0.247 e. The quantitative estimate of drug-likeness (QED) is 0.512. The number of fused-ring (bicyclic) bond motifs is 1. The minimum Gasteiger partial charge on any atom is -0.494 e. The van der Waals surface area contributed by atoms with Crippen LogP contribution in [0.2, 0.25) is 0 Å². The van der Waals surface area contributed by atoms with Gasteiger partial charge in [-0.1, -0.05) is 6.58 Å². The predicted octanol–water partition coefficient (Wildman–Crippen LogP) is 2.91. The lowest BCUT2D eigenvalue weighted by Gasteiger charge is -2.25. The number of nitrogens with zero attached hydrogens (tertiary/aromatic N) is 5. The molecular formula is C22H29N7O2. The van der Waals surface area contributed by atoms with Crippen molar-refractivity contribution in [3.63, 3.8) is 0 Å². The van der Waals surface area contributed by atoms with E-state index in [-0.39, 0.29) is 5.91 Å². The summed E-state index contributed by atoms with van der Waals surface area (Å²) in [6.07, 6.45) is 4.90. The highest BCUT2D eigenvalue weighted by Gasteiger charge is 2.16. The molecule has 0 fully saturated rings. The molecule has 9 heteroatoms. The lowest BCUT2D eigenvalue weighted by Crippen LogP contribution is -2.29. The number of aromatic nitrogens is 3. The average Bonchev–Trinajstić information content (AvgIpc) is 3.11. The average molecular weight is 424 g/mol. The zero-order valence-corrected chi connectivity index (χ0v) is 18.6. The Morgan fingerprint density at radius 2 is 2.00 bits per heavy atom. The van der Waals surface area contributed by atoms with Crippen molar-refractivity contribution in [2.75, 3.05) is 56.9 Å². The first kappa shape index (κ1) is 22.1. The van der Waals surface area contributed by atoms with Gasteiger partial charge in [-0.25, -0.2) is 4.98 Å². The van der Waals surface area contributed by atoms with E-state index in [9.17, 15) is 4.79 Å². The van der Waals surface area contributed by atoms with Gasteiger partial charge in [-0.3, -0.25) is 9.20 Å². The normalized spacial score (nSPS) is 10.9. The summed E-state index contributed by atoms with van der Waals surface area (Å²) in [5.41, 5.74) is 3.99. The molecule has 0 aliphatic heterocycles. The third-order valence-electron chi connectivity index (χ3n) is 4.79. The number of nitrogens with one attached hydrogen (secondary N) is 2. The summed E-state index contributed by atoms with van der Waals surface area (Å²) in [5.74, 6) is 0.747. The van der Waals surface area contributed by atoms with Gasteiger partial charge in [0, 0.05) is 32.4 Å². The van der Waals surface area contributed by atoms with E-state index in [1.807, 2.05) is 56.9 Å². The number of rotatable bonds is 9. The van der Waals surface area contributed by atoms with Gasteiger partial charge >= 0.3 is 0 Å². The summed E-state index contributed by atoms with van der Waals surface area (Å²) in [6.45, 7) is 7.19. The molecule has 31 heavy (non-hydrogen) atoms. The smallest absolute Gasteiger partial charge is 0.247 e. The van der Waals surface area contributed by atoms with Gasteiger partial charge in [0.25, 0.3) is 0 Å². The van der Waals surface area contributed by atoms with Gasteiger partial charge in [0.05, 0.1) is 24.2 Å². The van der Waals surface area contributed by atoms with Crippen molar-refractivity contribution in [3.8, 4) is 5.75 Å². The Bertz CT molecular complexity index is 1090. The second kappa shape index (κ2) is 9.48. The summed E-state index contributed by atoms with van der Waals surface area (Å²) in [7, 11) is 7.61. The molecule has 3 aromatic rings. The van der Waals surface area contributed by atoms with Crippen molar-refractivity contribution in [2.24, 2.45) is 0 Å². The Morgan fingerprint density at radius 3 is 2.68 bits per heavy atom. The fourth-order valence-corrected chi connectivity index (χ4v) is 3.12. The van der Waals surface area contributed by atoms with Crippen molar-refractivity contribution in [2.45, 2.75) is 6.92 Å². The number of benzene rings is 1. The Labute approximate surface area is 182 Å². The number of carbonyl (C=O) groups is 1. The van der Waals surface area contributed by atoms with Gasteiger partial charge in [0.2, 0.25) is 11.9 Å². The molecular weight excluding hydrogens is 394 g/mol. The molecule has 2 aromatic heterocycles. The molecule has 0 bridgehead atoms. The van der Waals surface area contributed by atoms with Gasteiger partial charge in [-0.15, -0.1) is 0 Å². The molecule has 164 valence electrons. The Balaban J connectivity index is 1.98. The van der Waals surface area contributed by atoms with Crippen LogP contribution in [0.4, 0.5) is 23.0 Å². The number of likely N-dealkylation sites (N-methyl/N-ethyl adjacent to an activating group) is 2. The van der Waals surface area contributed by atoms with Gasteiger partial charge < -0.3 is 25.2 Å². The molecule has 9 nitrogen and oxygen atoms in total. The number of ether oxygens (including phenoxy) is 1. The maximum atomic E-state index is 12.1. The summed E-state index contributed by atoms with van der Waals surface area (Å²) < 4.78 is 7.48. The first-order chi connectivity index (χ1) is 14.8. The third kappa shape index (κ3) is 5.32. The Kier molecular flexibility index (Phi) is 6.76. The van der Waals surface area contributed by atoms with Crippen LogP contribution in [-0.2, 0) is 4.79 Å². The summed E-state index contributed by atoms with van der Waals surface area (Å²) in [6, 6.07) is 5.68. The van der Waals surface area contributed by atoms with E-state index in [1.54, 1.807) is 13.4 Å². The molecule has 0 unspecified atom stereocenters. The number of aryl methyl sites for hydroxylation is 1. The second-order valence-electron chi connectivity index (χ2n) is 7.58. The van der Waals surface area contributed by atoms with E-state index in [1.165, 1.54) is 6.08 Å². The molecule has 2 heterocycles. The third-order valence-corrected chi connectivity index (χ3v) is 4.79. The second-order valence-corrected chi connectivity index (χ2v) is 7.58. The fourth-order valence-electron chi connectivity index (χ4n) is 3.12. The van der Waals surface area contributed by atoms with Crippen LogP contribution in [0.1, 0.15) is 5.56 Å². The van der Waals surface area contributed by atoms with E-state index in [4.69, 9.17) is 4.74 Å². The number of amides is 1. The Morgan fingerprint density at radius 1 is 1.23 bits per heavy atom. The van der Waals surface area contributed by atoms with Crippen LogP contribution in [0, 0.1) is 6.92 Å². The minimum atomic E-state index is -0.292. The van der Waals surface area contributed by atoms with E-state index in [0.717, 1.165) is 30.0 Å². The molecule has 3 rings (SSSR count). The molecule has 0 saturated heterocycles. The maximum absolute atomic E-state index is 12.1. The number of methoxy groups -OCH3 is 1.